The van der Waals surface area contributed by atoms with Crippen molar-refractivity contribution in [1.29, 1.82) is 0 Å². The molecule has 1 aliphatic carbocycles. The number of aliphatic hydroxyl groups is 1. The Morgan fingerprint density at radius 3 is 2.74 bits per heavy atom. The fourth-order valence-corrected chi connectivity index (χ4v) is 3.43. The predicted octanol–water partition coefficient (Wildman–Crippen LogP) is 3.83. The van der Waals surface area contributed by atoms with Gasteiger partial charge in [0.25, 0.3) is 0 Å². The molecule has 122 valence electrons. The molecule has 0 unspecified atom stereocenters. The van der Waals surface area contributed by atoms with Crippen LogP contribution in [0.3, 0.4) is 0 Å². The lowest BCUT2D eigenvalue weighted by Gasteiger charge is -2.20. The molecule has 0 aliphatic heterocycles. The van der Waals surface area contributed by atoms with Gasteiger partial charge in [-0.05, 0) is 18.4 Å². The van der Waals surface area contributed by atoms with Gasteiger partial charge in [-0.3, -0.25) is 9.59 Å². The third-order valence-corrected chi connectivity index (χ3v) is 4.79. The van der Waals surface area contributed by atoms with E-state index >= 15 is 0 Å². The summed E-state index contributed by atoms with van der Waals surface area (Å²) in [6.45, 7) is -0.222. The second-order valence-corrected chi connectivity index (χ2v) is 6.39. The van der Waals surface area contributed by atoms with E-state index < -0.39 is 0 Å². The van der Waals surface area contributed by atoms with Crippen LogP contribution in [-0.4, -0.2) is 10.9 Å². The zero-order valence-electron chi connectivity index (χ0n) is 13.2. The summed E-state index contributed by atoms with van der Waals surface area (Å²) in [5, 5.41) is 9.79. The average Bonchev–Trinajstić information content (AvgIpc) is 2.60. The van der Waals surface area contributed by atoms with Crippen molar-refractivity contribution in [3.8, 4) is 0 Å². The first-order chi connectivity index (χ1) is 11.2. The van der Waals surface area contributed by atoms with Crippen molar-refractivity contribution in [2.45, 2.75) is 51.6 Å². The second kappa shape index (κ2) is 7.09. The molecule has 2 aromatic rings. The van der Waals surface area contributed by atoms with Gasteiger partial charge in [-0.25, -0.2) is 0 Å². The Kier molecular flexibility index (Phi) is 4.91. The lowest BCUT2D eigenvalue weighted by atomic mass is 9.85. The summed E-state index contributed by atoms with van der Waals surface area (Å²) in [7, 11) is 0. The quantitative estimate of drug-likeness (QED) is 0.852. The number of Topliss-reactive ketones (excluding diaryl/α,β-unsaturated/α-hetero) is 1. The number of hydrogen-bond donors (Lipinski definition) is 1. The largest absolute Gasteiger partial charge is 0.452 e. The number of hydrogen-bond acceptors (Lipinski definition) is 4. The summed E-state index contributed by atoms with van der Waals surface area (Å²) < 4.78 is 5.66. The summed E-state index contributed by atoms with van der Waals surface area (Å²) in [4.78, 5) is 24.6. The Morgan fingerprint density at radius 1 is 1.22 bits per heavy atom. The third-order valence-electron chi connectivity index (χ3n) is 4.79. The normalized spacial score (nSPS) is 15.9. The molecule has 1 N–H and O–H groups in total. The number of ketones is 1. The first-order valence-electron chi connectivity index (χ1n) is 8.39. The van der Waals surface area contributed by atoms with Crippen LogP contribution in [0.4, 0.5) is 0 Å². The zero-order valence-corrected chi connectivity index (χ0v) is 13.2. The highest BCUT2D eigenvalue weighted by atomic mass is 16.3. The van der Waals surface area contributed by atoms with Crippen LogP contribution in [0.2, 0.25) is 0 Å². The number of carbonyl (C=O) groups is 1. The van der Waals surface area contributed by atoms with Crippen molar-refractivity contribution in [2.24, 2.45) is 5.92 Å². The highest BCUT2D eigenvalue weighted by molar-refractivity contribution is 5.95. The Morgan fingerprint density at radius 2 is 2.00 bits per heavy atom. The molecule has 3 rings (SSSR count). The van der Waals surface area contributed by atoms with Crippen LogP contribution in [-0.2, 0) is 6.61 Å². The van der Waals surface area contributed by atoms with Crippen LogP contribution in [0.15, 0.2) is 33.5 Å². The van der Waals surface area contributed by atoms with Gasteiger partial charge < -0.3 is 9.52 Å². The predicted molar refractivity (Wildman–Crippen MR) is 88.5 cm³/mol. The monoisotopic (exact) mass is 314 g/mol. The minimum atomic E-state index is -0.234. The van der Waals surface area contributed by atoms with E-state index in [9.17, 15) is 14.7 Å². The zero-order chi connectivity index (χ0) is 16.2. The molecule has 1 heterocycles. The summed E-state index contributed by atoms with van der Waals surface area (Å²) in [5.74, 6) is 0.606. The number of aliphatic hydroxyl groups excluding tert-OH is 1. The number of para-hydroxylation sites is 1. The van der Waals surface area contributed by atoms with Crippen molar-refractivity contribution < 1.29 is 14.3 Å². The summed E-state index contributed by atoms with van der Waals surface area (Å²) in [5.41, 5.74) is 0.618. The molecule has 0 bridgehead atoms. The maximum absolute atomic E-state index is 12.4. The number of carbonyl (C=O) groups excluding carboxylic acids is 1. The molecule has 23 heavy (non-hydrogen) atoms. The number of fused-ring (bicyclic) bond motifs is 1. The van der Waals surface area contributed by atoms with E-state index in [1.807, 2.05) is 0 Å². The van der Waals surface area contributed by atoms with Crippen molar-refractivity contribution in [3.05, 3.63) is 45.8 Å². The minimum absolute atomic E-state index is 0.110. The van der Waals surface area contributed by atoms with Gasteiger partial charge in [0.2, 0.25) is 0 Å². The van der Waals surface area contributed by atoms with Crippen LogP contribution < -0.4 is 5.43 Å². The second-order valence-electron chi connectivity index (χ2n) is 6.39. The van der Waals surface area contributed by atoms with Gasteiger partial charge in [0.1, 0.15) is 5.58 Å². The Hall–Kier alpha value is -1.94. The number of rotatable bonds is 5. The third kappa shape index (κ3) is 3.53. The average molecular weight is 314 g/mol. The molecule has 0 spiro atoms. The van der Waals surface area contributed by atoms with Gasteiger partial charge in [-0.1, -0.05) is 44.2 Å². The topological polar surface area (TPSA) is 67.5 Å². The molecule has 4 nitrogen and oxygen atoms in total. The summed E-state index contributed by atoms with van der Waals surface area (Å²) in [6.07, 6.45) is 7.48. The van der Waals surface area contributed by atoms with E-state index in [0.29, 0.717) is 28.9 Å². The molecule has 1 fully saturated rings. The van der Waals surface area contributed by atoms with Gasteiger partial charge in [0, 0.05) is 18.1 Å². The SMILES string of the molecule is O=C(CCC1CCCCC1)c1cc(=O)c2cccc(CO)c2o1. The van der Waals surface area contributed by atoms with E-state index in [2.05, 4.69) is 0 Å². The number of benzene rings is 1. The van der Waals surface area contributed by atoms with Crippen LogP contribution in [0.1, 0.15) is 61.1 Å². The highest BCUT2D eigenvalue weighted by Crippen LogP contribution is 2.28. The van der Waals surface area contributed by atoms with Crippen molar-refractivity contribution in [1.82, 2.24) is 0 Å². The van der Waals surface area contributed by atoms with Crippen LogP contribution in [0, 0.1) is 5.92 Å². The lowest BCUT2D eigenvalue weighted by Crippen LogP contribution is -2.11. The van der Waals surface area contributed by atoms with Crippen molar-refractivity contribution in [3.63, 3.8) is 0 Å². The van der Waals surface area contributed by atoms with Gasteiger partial charge in [-0.15, -0.1) is 0 Å². The molecule has 1 aromatic carbocycles. The lowest BCUT2D eigenvalue weighted by molar-refractivity contribution is 0.0943. The van der Waals surface area contributed by atoms with Gasteiger partial charge in [0.15, 0.2) is 17.0 Å². The van der Waals surface area contributed by atoms with Crippen LogP contribution in [0.5, 0.6) is 0 Å². The standard InChI is InChI=1S/C19H22O4/c20-12-14-7-4-8-15-17(22)11-18(23-19(14)15)16(21)10-9-13-5-2-1-3-6-13/h4,7-8,11,13,20H,1-3,5-6,9-10,12H2. The molecular weight excluding hydrogens is 292 g/mol. The summed E-state index contributed by atoms with van der Waals surface area (Å²) >= 11 is 0. The smallest absolute Gasteiger partial charge is 0.198 e. The minimum Gasteiger partial charge on any atom is -0.452 e. The van der Waals surface area contributed by atoms with Crippen LogP contribution in [0.25, 0.3) is 11.0 Å². The van der Waals surface area contributed by atoms with Gasteiger partial charge >= 0.3 is 0 Å². The van der Waals surface area contributed by atoms with E-state index in [-0.39, 0.29) is 23.6 Å². The molecule has 1 aromatic heterocycles. The maximum atomic E-state index is 12.4. The van der Waals surface area contributed by atoms with E-state index in [0.717, 1.165) is 6.42 Å². The summed E-state index contributed by atoms with van der Waals surface area (Å²) in [6, 6.07) is 6.33. The molecule has 0 saturated heterocycles. The van der Waals surface area contributed by atoms with E-state index in [1.165, 1.54) is 38.2 Å². The maximum Gasteiger partial charge on any atom is 0.198 e. The molecule has 1 saturated carbocycles. The molecule has 0 radical (unpaired) electrons. The highest BCUT2D eigenvalue weighted by Gasteiger charge is 2.18. The van der Waals surface area contributed by atoms with Crippen molar-refractivity contribution in [2.75, 3.05) is 0 Å². The Labute approximate surface area is 135 Å². The van der Waals surface area contributed by atoms with Crippen LogP contribution >= 0.6 is 0 Å². The fraction of sp³-hybridized carbons (Fsp3) is 0.474. The van der Waals surface area contributed by atoms with E-state index in [4.69, 9.17) is 4.42 Å². The van der Waals surface area contributed by atoms with Gasteiger partial charge in [0.05, 0.1) is 12.0 Å². The molecule has 0 atom stereocenters. The molecule has 0 amide bonds. The van der Waals surface area contributed by atoms with Gasteiger partial charge in [-0.2, -0.15) is 0 Å². The fourth-order valence-electron chi connectivity index (χ4n) is 3.43. The molecule has 1 aliphatic rings. The Bertz CT molecular complexity index is 754. The molecular formula is C19H22O4. The van der Waals surface area contributed by atoms with E-state index in [1.54, 1.807) is 18.2 Å². The first kappa shape index (κ1) is 15.9. The first-order valence-corrected chi connectivity index (χ1v) is 8.39. The van der Waals surface area contributed by atoms with Crippen molar-refractivity contribution >= 4 is 16.8 Å². The molecule has 4 heteroatoms. The Balaban J connectivity index is 1.81.